The van der Waals surface area contributed by atoms with E-state index in [9.17, 15) is 9.18 Å². The Hall–Kier alpha value is -4.55. The molecular formula is C25H16FN5O2S. The molecule has 166 valence electrons. The summed E-state index contributed by atoms with van der Waals surface area (Å²) in [4.78, 5) is 16.7. The van der Waals surface area contributed by atoms with E-state index in [1.54, 1.807) is 65.5 Å². The van der Waals surface area contributed by atoms with Crippen molar-refractivity contribution in [1.29, 1.82) is 5.26 Å². The molecule has 7 nitrogen and oxygen atoms in total. The molecule has 4 aromatic rings. The van der Waals surface area contributed by atoms with Crippen molar-refractivity contribution in [3.63, 3.8) is 0 Å². The van der Waals surface area contributed by atoms with E-state index in [2.05, 4.69) is 21.5 Å². The number of benzene rings is 3. The number of rotatable bonds is 4. The molecule has 0 fully saturated rings. The molecule has 1 N–H and O–H groups in total. The SMILES string of the molecule is N#Cc1ccc(C=Nn2c(-c3ccc4c(c3)NC(=O)CO4)csc2=Nc2ccccc2F)cc1. The fraction of sp³-hybridized carbons (Fsp3) is 0.0400. The molecule has 1 aromatic heterocycles. The Morgan fingerprint density at radius 3 is 2.76 bits per heavy atom. The van der Waals surface area contributed by atoms with Crippen LogP contribution in [-0.2, 0) is 4.79 Å². The summed E-state index contributed by atoms with van der Waals surface area (Å²) >= 11 is 1.31. The Labute approximate surface area is 197 Å². The second-order valence-corrected chi connectivity index (χ2v) is 8.14. The number of halogens is 1. The molecule has 1 aliphatic rings. The predicted octanol–water partition coefficient (Wildman–Crippen LogP) is 4.67. The second-order valence-electron chi connectivity index (χ2n) is 7.30. The number of nitrogens with one attached hydrogen (secondary N) is 1. The van der Waals surface area contributed by atoms with Gasteiger partial charge in [-0.05, 0) is 48.0 Å². The first-order valence-corrected chi connectivity index (χ1v) is 11.1. The number of amides is 1. The molecule has 3 aromatic carbocycles. The van der Waals surface area contributed by atoms with Crippen molar-refractivity contribution in [2.45, 2.75) is 0 Å². The number of nitrogens with zero attached hydrogens (tertiary/aromatic N) is 4. The predicted molar refractivity (Wildman–Crippen MR) is 128 cm³/mol. The molecule has 2 heterocycles. The third-order valence-electron chi connectivity index (χ3n) is 5.02. The number of carbonyl (C=O) groups is 1. The first-order valence-electron chi connectivity index (χ1n) is 10.2. The van der Waals surface area contributed by atoms with Gasteiger partial charge in [-0.2, -0.15) is 10.4 Å². The van der Waals surface area contributed by atoms with Crippen LogP contribution >= 0.6 is 11.3 Å². The lowest BCUT2D eigenvalue weighted by Crippen LogP contribution is -2.25. The summed E-state index contributed by atoms with van der Waals surface area (Å²) in [6.07, 6.45) is 1.64. The molecule has 1 aliphatic heterocycles. The summed E-state index contributed by atoms with van der Waals surface area (Å²) in [6, 6.07) is 20.8. The van der Waals surface area contributed by atoms with Crippen LogP contribution in [0.1, 0.15) is 11.1 Å². The van der Waals surface area contributed by atoms with Gasteiger partial charge in [-0.25, -0.2) is 14.1 Å². The molecular weight excluding hydrogens is 453 g/mol. The summed E-state index contributed by atoms with van der Waals surface area (Å²) in [5, 5.41) is 18.3. The number of hydrogen-bond acceptors (Lipinski definition) is 6. The second kappa shape index (κ2) is 9.13. The maximum Gasteiger partial charge on any atom is 0.262 e. The number of nitriles is 1. The van der Waals surface area contributed by atoms with Crippen LogP contribution < -0.4 is 14.9 Å². The highest BCUT2D eigenvalue weighted by molar-refractivity contribution is 7.07. The highest BCUT2D eigenvalue weighted by Gasteiger charge is 2.18. The van der Waals surface area contributed by atoms with Crippen LogP contribution in [0.5, 0.6) is 5.75 Å². The van der Waals surface area contributed by atoms with Crippen molar-refractivity contribution < 1.29 is 13.9 Å². The van der Waals surface area contributed by atoms with Crippen molar-refractivity contribution in [2.75, 3.05) is 11.9 Å². The highest BCUT2D eigenvalue weighted by Crippen LogP contribution is 2.33. The summed E-state index contributed by atoms with van der Waals surface area (Å²) in [5.41, 5.74) is 3.57. The van der Waals surface area contributed by atoms with E-state index < -0.39 is 5.82 Å². The van der Waals surface area contributed by atoms with Gasteiger partial charge in [0.1, 0.15) is 17.3 Å². The fourth-order valence-electron chi connectivity index (χ4n) is 3.34. The summed E-state index contributed by atoms with van der Waals surface area (Å²) in [5.74, 6) is -0.0758. The zero-order chi connectivity index (χ0) is 23.5. The van der Waals surface area contributed by atoms with Crippen LogP contribution in [0.4, 0.5) is 15.8 Å². The third kappa shape index (κ3) is 4.35. The van der Waals surface area contributed by atoms with Crippen molar-refractivity contribution >= 4 is 34.8 Å². The number of hydrogen-bond donors (Lipinski definition) is 1. The van der Waals surface area contributed by atoms with Gasteiger partial charge in [-0.15, -0.1) is 11.3 Å². The number of fused-ring (bicyclic) bond motifs is 1. The Morgan fingerprint density at radius 2 is 1.97 bits per heavy atom. The number of carbonyl (C=O) groups excluding carboxylic acids is 1. The molecule has 0 radical (unpaired) electrons. The average Bonchev–Trinajstić information content (AvgIpc) is 3.26. The van der Waals surface area contributed by atoms with E-state index >= 15 is 0 Å². The molecule has 0 atom stereocenters. The Kier molecular flexibility index (Phi) is 5.72. The lowest BCUT2D eigenvalue weighted by atomic mass is 10.1. The van der Waals surface area contributed by atoms with Crippen LogP contribution in [0.3, 0.4) is 0 Å². The summed E-state index contributed by atoms with van der Waals surface area (Å²) in [7, 11) is 0. The first-order chi connectivity index (χ1) is 16.6. The van der Waals surface area contributed by atoms with Gasteiger partial charge in [0, 0.05) is 10.9 Å². The molecule has 0 saturated heterocycles. The number of para-hydroxylation sites is 1. The van der Waals surface area contributed by atoms with Gasteiger partial charge in [0.15, 0.2) is 6.61 Å². The summed E-state index contributed by atoms with van der Waals surface area (Å²) in [6.45, 7) is -0.0225. The minimum atomic E-state index is -0.436. The standard InChI is InChI=1S/C25H16FN5O2S/c26-19-3-1-2-4-20(19)30-25-31(28-13-17-7-5-16(12-27)6-8-17)22(15-34-25)18-9-10-23-21(11-18)29-24(32)14-33-23/h1-11,13,15H,14H2,(H,29,32). The molecule has 0 bridgehead atoms. The van der Waals surface area contributed by atoms with Crippen LogP contribution in [0.15, 0.2) is 82.2 Å². The Bertz CT molecular complexity index is 1530. The van der Waals surface area contributed by atoms with Gasteiger partial charge in [0.25, 0.3) is 5.91 Å². The topological polar surface area (TPSA) is 91.8 Å². The first kappa shape index (κ1) is 21.3. The molecule has 0 aliphatic carbocycles. The van der Waals surface area contributed by atoms with E-state index in [1.165, 1.54) is 17.4 Å². The van der Waals surface area contributed by atoms with Crippen LogP contribution in [0.25, 0.3) is 11.3 Å². The number of ether oxygens (including phenoxy) is 1. The zero-order valence-electron chi connectivity index (χ0n) is 17.6. The zero-order valence-corrected chi connectivity index (χ0v) is 18.4. The number of thiazole rings is 1. The molecule has 5 rings (SSSR count). The number of anilines is 1. The van der Waals surface area contributed by atoms with E-state index in [-0.39, 0.29) is 18.2 Å². The van der Waals surface area contributed by atoms with E-state index in [0.717, 1.165) is 11.1 Å². The normalized spacial score (nSPS) is 13.3. The van der Waals surface area contributed by atoms with Crippen LogP contribution in [0, 0.1) is 17.1 Å². The van der Waals surface area contributed by atoms with Crippen LogP contribution in [0.2, 0.25) is 0 Å². The van der Waals surface area contributed by atoms with E-state index in [4.69, 9.17) is 10.00 Å². The van der Waals surface area contributed by atoms with Gasteiger partial charge in [0.2, 0.25) is 4.80 Å². The van der Waals surface area contributed by atoms with Crippen molar-refractivity contribution in [1.82, 2.24) is 4.68 Å². The van der Waals surface area contributed by atoms with Crippen molar-refractivity contribution in [2.24, 2.45) is 10.1 Å². The van der Waals surface area contributed by atoms with Gasteiger partial charge in [-0.1, -0.05) is 24.3 Å². The molecule has 0 unspecified atom stereocenters. The maximum absolute atomic E-state index is 14.3. The minimum absolute atomic E-state index is 0.0225. The van der Waals surface area contributed by atoms with Gasteiger partial charge >= 0.3 is 0 Å². The lowest BCUT2D eigenvalue weighted by molar-refractivity contribution is -0.118. The third-order valence-corrected chi connectivity index (χ3v) is 5.84. The Morgan fingerprint density at radius 1 is 1.15 bits per heavy atom. The largest absolute Gasteiger partial charge is 0.482 e. The van der Waals surface area contributed by atoms with E-state index in [0.29, 0.717) is 27.5 Å². The Balaban J connectivity index is 1.62. The highest BCUT2D eigenvalue weighted by atomic mass is 32.1. The molecule has 0 saturated carbocycles. The number of aromatic nitrogens is 1. The monoisotopic (exact) mass is 469 g/mol. The van der Waals surface area contributed by atoms with Gasteiger partial charge in [-0.3, -0.25) is 4.79 Å². The van der Waals surface area contributed by atoms with Crippen molar-refractivity contribution in [3.8, 4) is 23.1 Å². The lowest BCUT2D eigenvalue weighted by Gasteiger charge is -2.18. The molecule has 34 heavy (non-hydrogen) atoms. The minimum Gasteiger partial charge on any atom is -0.482 e. The van der Waals surface area contributed by atoms with E-state index in [1.807, 2.05) is 11.4 Å². The smallest absolute Gasteiger partial charge is 0.262 e. The summed E-state index contributed by atoms with van der Waals surface area (Å²) < 4.78 is 21.3. The fourth-order valence-corrected chi connectivity index (χ4v) is 4.19. The molecule has 9 heteroatoms. The van der Waals surface area contributed by atoms with Gasteiger partial charge in [0.05, 0.1) is 29.2 Å². The van der Waals surface area contributed by atoms with Crippen molar-refractivity contribution in [3.05, 3.63) is 93.9 Å². The maximum atomic E-state index is 14.3. The average molecular weight is 470 g/mol. The van der Waals surface area contributed by atoms with Crippen LogP contribution in [-0.4, -0.2) is 23.4 Å². The molecule has 1 amide bonds. The quantitative estimate of drug-likeness (QED) is 0.440. The molecule has 0 spiro atoms. The van der Waals surface area contributed by atoms with Gasteiger partial charge < -0.3 is 10.1 Å².